The number of benzene rings is 2. The van der Waals surface area contributed by atoms with Crippen molar-refractivity contribution in [3.05, 3.63) is 76.9 Å². The molecule has 0 spiro atoms. The number of carbonyl (C=O) groups excluding carboxylic acids is 1. The number of hydrogen-bond acceptors (Lipinski definition) is 4. The number of hydrogen-bond donors (Lipinski definition) is 2. The molecule has 3 aromatic rings. The van der Waals surface area contributed by atoms with E-state index in [1.54, 1.807) is 6.07 Å². The molecule has 0 unspecified atom stereocenters. The van der Waals surface area contributed by atoms with Crippen LogP contribution in [0.1, 0.15) is 29.9 Å². The van der Waals surface area contributed by atoms with Crippen LogP contribution in [0.3, 0.4) is 0 Å². The SMILES string of the molecule is CC(C)NC(=O)c1cc(NCc2ccccc2Cl)nc(-c2ccccc2)n1. The highest BCUT2D eigenvalue weighted by atomic mass is 35.5. The molecule has 27 heavy (non-hydrogen) atoms. The van der Waals surface area contributed by atoms with Gasteiger partial charge in [0.1, 0.15) is 11.5 Å². The molecule has 0 atom stereocenters. The van der Waals surface area contributed by atoms with Crippen molar-refractivity contribution in [1.82, 2.24) is 15.3 Å². The van der Waals surface area contributed by atoms with Gasteiger partial charge < -0.3 is 10.6 Å². The average Bonchev–Trinajstić information content (AvgIpc) is 2.67. The number of aromatic nitrogens is 2. The van der Waals surface area contributed by atoms with Crippen molar-refractivity contribution in [1.29, 1.82) is 0 Å². The minimum Gasteiger partial charge on any atom is -0.366 e. The molecule has 1 amide bonds. The van der Waals surface area contributed by atoms with Crippen molar-refractivity contribution in [2.24, 2.45) is 0 Å². The smallest absolute Gasteiger partial charge is 0.270 e. The van der Waals surface area contributed by atoms with Gasteiger partial charge in [-0.25, -0.2) is 9.97 Å². The Labute approximate surface area is 163 Å². The zero-order valence-electron chi connectivity index (χ0n) is 15.2. The third-order valence-electron chi connectivity index (χ3n) is 3.83. The van der Waals surface area contributed by atoms with Gasteiger partial charge in [0.25, 0.3) is 5.91 Å². The summed E-state index contributed by atoms with van der Waals surface area (Å²) in [6.45, 7) is 4.32. The van der Waals surface area contributed by atoms with Gasteiger partial charge >= 0.3 is 0 Å². The molecule has 0 aliphatic rings. The molecule has 2 N–H and O–H groups in total. The molecule has 2 aromatic carbocycles. The maximum absolute atomic E-state index is 12.5. The molecule has 0 bridgehead atoms. The molecule has 0 saturated carbocycles. The quantitative estimate of drug-likeness (QED) is 0.658. The standard InChI is InChI=1S/C21H21ClN4O/c1-14(2)24-21(27)18-12-19(23-13-16-10-6-7-11-17(16)22)26-20(25-18)15-8-4-3-5-9-15/h3-12,14H,13H2,1-2H3,(H,24,27)(H,23,25,26). The summed E-state index contributed by atoms with van der Waals surface area (Å²) in [5.74, 6) is 0.830. The molecular weight excluding hydrogens is 360 g/mol. The van der Waals surface area contributed by atoms with Gasteiger partial charge in [0, 0.05) is 29.2 Å². The lowest BCUT2D eigenvalue weighted by Crippen LogP contribution is -2.31. The van der Waals surface area contributed by atoms with E-state index in [9.17, 15) is 4.79 Å². The highest BCUT2D eigenvalue weighted by Crippen LogP contribution is 2.20. The largest absolute Gasteiger partial charge is 0.366 e. The minimum atomic E-state index is -0.231. The van der Waals surface area contributed by atoms with Gasteiger partial charge in [0.2, 0.25) is 0 Å². The second kappa shape index (κ2) is 8.64. The molecule has 3 rings (SSSR count). The van der Waals surface area contributed by atoms with E-state index in [0.29, 0.717) is 28.9 Å². The summed E-state index contributed by atoms with van der Waals surface area (Å²) < 4.78 is 0. The van der Waals surface area contributed by atoms with Gasteiger partial charge in [0.05, 0.1) is 0 Å². The molecular formula is C21H21ClN4O. The Hall–Kier alpha value is -2.92. The zero-order valence-corrected chi connectivity index (χ0v) is 16.0. The average molecular weight is 381 g/mol. The van der Waals surface area contributed by atoms with Crippen molar-refractivity contribution >= 4 is 23.3 Å². The Morgan fingerprint density at radius 3 is 2.44 bits per heavy atom. The Balaban J connectivity index is 1.92. The predicted octanol–water partition coefficient (Wildman–Crippen LogP) is 4.55. The lowest BCUT2D eigenvalue weighted by molar-refractivity contribution is 0.0938. The first-order valence-electron chi connectivity index (χ1n) is 8.75. The Morgan fingerprint density at radius 1 is 1.04 bits per heavy atom. The monoisotopic (exact) mass is 380 g/mol. The van der Waals surface area contributed by atoms with Crippen molar-refractivity contribution in [2.45, 2.75) is 26.4 Å². The summed E-state index contributed by atoms with van der Waals surface area (Å²) in [6.07, 6.45) is 0. The van der Waals surface area contributed by atoms with Crippen LogP contribution in [0.5, 0.6) is 0 Å². The summed E-state index contributed by atoms with van der Waals surface area (Å²) in [5, 5.41) is 6.80. The summed E-state index contributed by atoms with van der Waals surface area (Å²) in [6, 6.07) is 18.9. The molecule has 0 saturated heterocycles. The van der Waals surface area contributed by atoms with E-state index in [1.165, 1.54) is 0 Å². The third kappa shape index (κ3) is 5.05. The number of nitrogens with one attached hydrogen (secondary N) is 2. The third-order valence-corrected chi connectivity index (χ3v) is 4.20. The van der Waals surface area contributed by atoms with Crippen LogP contribution in [0, 0.1) is 0 Å². The fourth-order valence-electron chi connectivity index (χ4n) is 2.53. The fraction of sp³-hybridized carbons (Fsp3) is 0.190. The van der Waals surface area contributed by atoms with Crippen molar-refractivity contribution in [2.75, 3.05) is 5.32 Å². The maximum atomic E-state index is 12.5. The van der Waals surface area contributed by atoms with E-state index in [4.69, 9.17) is 11.6 Å². The van der Waals surface area contributed by atoms with Crippen LogP contribution in [0.2, 0.25) is 5.02 Å². The van der Waals surface area contributed by atoms with Gasteiger partial charge in [-0.15, -0.1) is 0 Å². The molecule has 0 aliphatic heterocycles. The molecule has 1 heterocycles. The van der Waals surface area contributed by atoms with Crippen LogP contribution in [0.25, 0.3) is 11.4 Å². The van der Waals surface area contributed by atoms with Crippen LogP contribution in [-0.2, 0) is 6.54 Å². The van der Waals surface area contributed by atoms with Crippen LogP contribution in [-0.4, -0.2) is 21.9 Å². The number of amides is 1. The molecule has 0 aliphatic carbocycles. The van der Waals surface area contributed by atoms with Gasteiger partial charge in [-0.3, -0.25) is 4.79 Å². The number of carbonyl (C=O) groups is 1. The molecule has 6 heteroatoms. The number of rotatable bonds is 6. The number of halogens is 1. The molecule has 1 aromatic heterocycles. The summed E-state index contributed by atoms with van der Waals surface area (Å²) in [4.78, 5) is 21.5. The van der Waals surface area contributed by atoms with Crippen LogP contribution in [0.15, 0.2) is 60.7 Å². The molecule has 138 valence electrons. The van der Waals surface area contributed by atoms with E-state index in [0.717, 1.165) is 11.1 Å². The van der Waals surface area contributed by atoms with Gasteiger partial charge in [-0.05, 0) is 25.5 Å². The number of nitrogens with zero attached hydrogens (tertiary/aromatic N) is 2. The van der Waals surface area contributed by atoms with Gasteiger partial charge in [-0.2, -0.15) is 0 Å². The second-order valence-electron chi connectivity index (χ2n) is 6.40. The first-order valence-corrected chi connectivity index (χ1v) is 9.13. The Kier molecular flexibility index (Phi) is 6.04. The van der Waals surface area contributed by atoms with Crippen molar-refractivity contribution in [3.63, 3.8) is 0 Å². The minimum absolute atomic E-state index is 0.0205. The van der Waals surface area contributed by atoms with Crippen molar-refractivity contribution < 1.29 is 4.79 Å². The second-order valence-corrected chi connectivity index (χ2v) is 6.81. The topological polar surface area (TPSA) is 66.9 Å². The van der Waals surface area contributed by atoms with Crippen LogP contribution in [0.4, 0.5) is 5.82 Å². The maximum Gasteiger partial charge on any atom is 0.270 e. The number of anilines is 1. The molecule has 0 fully saturated rings. The summed E-state index contributed by atoms with van der Waals surface area (Å²) in [7, 11) is 0. The highest BCUT2D eigenvalue weighted by Gasteiger charge is 2.14. The van der Waals surface area contributed by atoms with Crippen LogP contribution < -0.4 is 10.6 Å². The first kappa shape index (κ1) is 18.9. The van der Waals surface area contributed by atoms with Gasteiger partial charge in [0.15, 0.2) is 5.82 Å². The summed E-state index contributed by atoms with van der Waals surface area (Å²) in [5.41, 5.74) is 2.11. The Bertz CT molecular complexity index is 928. The van der Waals surface area contributed by atoms with E-state index in [2.05, 4.69) is 20.6 Å². The lowest BCUT2D eigenvalue weighted by atomic mass is 10.2. The first-order chi connectivity index (χ1) is 13.0. The van der Waals surface area contributed by atoms with Gasteiger partial charge in [-0.1, -0.05) is 60.1 Å². The Morgan fingerprint density at radius 2 is 1.74 bits per heavy atom. The van der Waals surface area contributed by atoms with E-state index in [-0.39, 0.29) is 11.9 Å². The van der Waals surface area contributed by atoms with E-state index in [1.807, 2.05) is 68.4 Å². The highest BCUT2D eigenvalue weighted by molar-refractivity contribution is 6.31. The zero-order chi connectivity index (χ0) is 19.2. The predicted molar refractivity (Wildman–Crippen MR) is 109 cm³/mol. The lowest BCUT2D eigenvalue weighted by Gasteiger charge is -2.12. The van der Waals surface area contributed by atoms with E-state index < -0.39 is 0 Å². The molecule has 5 nitrogen and oxygen atoms in total. The molecule has 0 radical (unpaired) electrons. The van der Waals surface area contributed by atoms with E-state index >= 15 is 0 Å². The van der Waals surface area contributed by atoms with Crippen LogP contribution >= 0.6 is 11.6 Å². The normalized spacial score (nSPS) is 10.7. The summed E-state index contributed by atoms with van der Waals surface area (Å²) >= 11 is 6.22. The fourth-order valence-corrected chi connectivity index (χ4v) is 2.74. The van der Waals surface area contributed by atoms with Crippen molar-refractivity contribution in [3.8, 4) is 11.4 Å².